The summed E-state index contributed by atoms with van der Waals surface area (Å²) in [5.74, 6) is -0.414. The Labute approximate surface area is 150 Å². The molecular weight excluding hydrogens is 336 g/mol. The first kappa shape index (κ1) is 17.3. The predicted octanol–water partition coefficient (Wildman–Crippen LogP) is 3.50. The standard InChI is InChI=1S/C18H20N4O2S/c1-10-5-6-11(2)15(9-10)22-16(23)8-7-14(21-22)17(24)20-18-19-12(3)13(4)25-18/h5-6,9H,7-8H2,1-4H3,(H,19,20,24). The fraction of sp³-hybridized carbons (Fsp3) is 0.333. The number of nitrogens with zero attached hydrogens (tertiary/aromatic N) is 3. The van der Waals surface area contributed by atoms with E-state index in [1.165, 1.54) is 16.3 Å². The van der Waals surface area contributed by atoms with Crippen molar-refractivity contribution in [2.45, 2.75) is 40.5 Å². The number of carbonyl (C=O) groups is 2. The van der Waals surface area contributed by atoms with Gasteiger partial charge in [-0.2, -0.15) is 5.10 Å². The number of hydrazone groups is 1. The van der Waals surface area contributed by atoms with Gasteiger partial charge in [0.1, 0.15) is 5.71 Å². The molecule has 0 saturated carbocycles. The number of hydrogen-bond donors (Lipinski definition) is 1. The SMILES string of the molecule is Cc1ccc(C)c(N2N=C(C(=O)Nc3nc(C)c(C)s3)CCC2=O)c1. The molecule has 0 unspecified atom stereocenters. The first-order chi connectivity index (χ1) is 11.8. The van der Waals surface area contributed by atoms with Gasteiger partial charge < -0.3 is 0 Å². The Morgan fingerprint density at radius 1 is 1.20 bits per heavy atom. The van der Waals surface area contributed by atoms with E-state index in [0.717, 1.165) is 27.4 Å². The van der Waals surface area contributed by atoms with Gasteiger partial charge in [-0.3, -0.25) is 14.9 Å². The molecule has 0 fully saturated rings. The van der Waals surface area contributed by atoms with Crippen LogP contribution in [0.2, 0.25) is 0 Å². The lowest BCUT2D eigenvalue weighted by Crippen LogP contribution is -2.36. The summed E-state index contributed by atoms with van der Waals surface area (Å²) in [4.78, 5) is 30.2. The number of benzene rings is 1. The maximum Gasteiger partial charge on any atom is 0.273 e. The minimum atomic E-state index is -0.309. The summed E-state index contributed by atoms with van der Waals surface area (Å²) >= 11 is 1.43. The lowest BCUT2D eigenvalue weighted by Gasteiger charge is -2.24. The maximum atomic E-state index is 12.5. The molecule has 0 spiro atoms. The van der Waals surface area contributed by atoms with Crippen LogP contribution in [-0.2, 0) is 9.59 Å². The molecule has 1 aromatic carbocycles. The van der Waals surface area contributed by atoms with Gasteiger partial charge in [-0.15, -0.1) is 11.3 Å². The quantitative estimate of drug-likeness (QED) is 0.914. The van der Waals surface area contributed by atoms with Crippen molar-refractivity contribution in [3.8, 4) is 0 Å². The molecule has 0 saturated heterocycles. The largest absolute Gasteiger partial charge is 0.297 e. The Hall–Kier alpha value is -2.54. The summed E-state index contributed by atoms with van der Waals surface area (Å²) in [6.45, 7) is 7.75. The summed E-state index contributed by atoms with van der Waals surface area (Å²) in [5.41, 5.74) is 3.93. The highest BCUT2D eigenvalue weighted by Crippen LogP contribution is 2.26. The van der Waals surface area contributed by atoms with E-state index in [2.05, 4.69) is 15.4 Å². The Bertz CT molecular complexity index is 866. The van der Waals surface area contributed by atoms with Crippen LogP contribution in [0.15, 0.2) is 23.3 Å². The molecule has 2 amide bonds. The van der Waals surface area contributed by atoms with E-state index < -0.39 is 0 Å². The van der Waals surface area contributed by atoms with Crippen molar-refractivity contribution >= 4 is 39.7 Å². The maximum absolute atomic E-state index is 12.5. The number of amides is 2. The van der Waals surface area contributed by atoms with E-state index >= 15 is 0 Å². The third-order valence-corrected chi connectivity index (χ3v) is 5.12. The lowest BCUT2D eigenvalue weighted by molar-refractivity contribution is -0.118. The summed E-state index contributed by atoms with van der Waals surface area (Å²) in [6, 6.07) is 5.84. The number of nitrogens with one attached hydrogen (secondary N) is 1. The molecule has 6 nitrogen and oxygen atoms in total. The van der Waals surface area contributed by atoms with Crippen LogP contribution in [0.4, 0.5) is 10.8 Å². The second-order valence-electron chi connectivity index (χ2n) is 6.16. The molecule has 1 aromatic heterocycles. The van der Waals surface area contributed by atoms with Crippen LogP contribution in [0.25, 0.3) is 0 Å². The van der Waals surface area contributed by atoms with E-state index in [9.17, 15) is 9.59 Å². The van der Waals surface area contributed by atoms with Gasteiger partial charge >= 0.3 is 0 Å². The molecule has 0 aliphatic carbocycles. The number of hydrogen-bond acceptors (Lipinski definition) is 5. The number of aryl methyl sites for hydroxylation is 4. The highest BCUT2D eigenvalue weighted by atomic mass is 32.1. The Kier molecular flexibility index (Phi) is 4.67. The molecule has 2 aromatic rings. The average molecular weight is 356 g/mol. The molecule has 0 atom stereocenters. The minimum Gasteiger partial charge on any atom is -0.297 e. The molecule has 1 aliphatic rings. The van der Waals surface area contributed by atoms with Crippen LogP contribution in [0, 0.1) is 27.7 Å². The van der Waals surface area contributed by atoms with Crippen LogP contribution in [-0.4, -0.2) is 22.5 Å². The number of rotatable bonds is 3. The first-order valence-electron chi connectivity index (χ1n) is 8.08. The second kappa shape index (κ2) is 6.76. The highest BCUT2D eigenvalue weighted by Gasteiger charge is 2.27. The predicted molar refractivity (Wildman–Crippen MR) is 100 cm³/mol. The van der Waals surface area contributed by atoms with Gasteiger partial charge in [0.05, 0.1) is 11.4 Å². The molecule has 1 N–H and O–H groups in total. The second-order valence-corrected chi connectivity index (χ2v) is 7.36. The number of carbonyl (C=O) groups excluding carboxylic acids is 2. The zero-order valence-electron chi connectivity index (χ0n) is 14.7. The van der Waals surface area contributed by atoms with Gasteiger partial charge in [-0.05, 0) is 44.9 Å². The van der Waals surface area contributed by atoms with E-state index in [4.69, 9.17) is 0 Å². The van der Waals surface area contributed by atoms with Gasteiger partial charge in [-0.25, -0.2) is 9.99 Å². The Balaban J connectivity index is 1.87. The zero-order valence-corrected chi connectivity index (χ0v) is 15.5. The van der Waals surface area contributed by atoms with E-state index in [1.807, 2.05) is 45.9 Å². The van der Waals surface area contributed by atoms with E-state index in [1.54, 1.807) is 0 Å². The topological polar surface area (TPSA) is 74.7 Å². The molecule has 1 aliphatic heterocycles. The van der Waals surface area contributed by atoms with Crippen LogP contribution in [0.3, 0.4) is 0 Å². The minimum absolute atomic E-state index is 0.105. The van der Waals surface area contributed by atoms with Crippen molar-refractivity contribution in [2.24, 2.45) is 5.10 Å². The van der Waals surface area contributed by atoms with Crippen molar-refractivity contribution < 1.29 is 9.59 Å². The summed E-state index contributed by atoms with van der Waals surface area (Å²) in [5, 5.41) is 9.01. The van der Waals surface area contributed by atoms with Gasteiger partial charge in [0, 0.05) is 17.7 Å². The number of thiazole rings is 1. The molecule has 0 radical (unpaired) electrons. The van der Waals surface area contributed by atoms with Gasteiger partial charge in [0.2, 0.25) is 5.91 Å². The first-order valence-corrected chi connectivity index (χ1v) is 8.90. The third-order valence-electron chi connectivity index (χ3n) is 4.14. The normalized spacial score (nSPS) is 14.5. The Morgan fingerprint density at radius 3 is 2.64 bits per heavy atom. The van der Waals surface area contributed by atoms with Crippen LogP contribution < -0.4 is 10.3 Å². The average Bonchev–Trinajstić information content (AvgIpc) is 2.88. The highest BCUT2D eigenvalue weighted by molar-refractivity contribution is 7.15. The molecule has 0 bridgehead atoms. The fourth-order valence-electron chi connectivity index (χ4n) is 2.55. The molecular formula is C18H20N4O2S. The number of anilines is 2. The molecule has 2 heterocycles. The zero-order chi connectivity index (χ0) is 18.1. The van der Waals surface area contributed by atoms with Crippen LogP contribution >= 0.6 is 11.3 Å². The van der Waals surface area contributed by atoms with Crippen molar-refractivity contribution in [2.75, 3.05) is 10.3 Å². The van der Waals surface area contributed by atoms with Gasteiger partial charge in [-0.1, -0.05) is 12.1 Å². The van der Waals surface area contributed by atoms with Crippen molar-refractivity contribution in [3.63, 3.8) is 0 Å². The summed E-state index contributed by atoms with van der Waals surface area (Å²) in [7, 11) is 0. The van der Waals surface area contributed by atoms with Gasteiger partial charge in [0.25, 0.3) is 5.91 Å². The van der Waals surface area contributed by atoms with E-state index in [0.29, 0.717) is 17.3 Å². The Morgan fingerprint density at radius 2 is 1.96 bits per heavy atom. The van der Waals surface area contributed by atoms with Crippen LogP contribution in [0.5, 0.6) is 0 Å². The summed E-state index contributed by atoms with van der Waals surface area (Å²) in [6.07, 6.45) is 0.588. The third kappa shape index (κ3) is 3.61. The van der Waals surface area contributed by atoms with Crippen molar-refractivity contribution in [1.82, 2.24) is 4.98 Å². The van der Waals surface area contributed by atoms with Crippen molar-refractivity contribution in [1.29, 1.82) is 0 Å². The smallest absolute Gasteiger partial charge is 0.273 e. The molecule has 25 heavy (non-hydrogen) atoms. The van der Waals surface area contributed by atoms with Gasteiger partial charge in [0.15, 0.2) is 5.13 Å². The van der Waals surface area contributed by atoms with Crippen LogP contribution in [0.1, 0.15) is 34.5 Å². The van der Waals surface area contributed by atoms with E-state index in [-0.39, 0.29) is 18.2 Å². The molecule has 7 heteroatoms. The molecule has 130 valence electrons. The summed E-state index contributed by atoms with van der Waals surface area (Å²) < 4.78 is 0. The monoisotopic (exact) mass is 356 g/mol. The fourth-order valence-corrected chi connectivity index (χ4v) is 3.36. The lowest BCUT2D eigenvalue weighted by atomic mass is 10.1. The van der Waals surface area contributed by atoms with Crippen molar-refractivity contribution in [3.05, 3.63) is 39.9 Å². The molecule has 3 rings (SSSR count). The number of aromatic nitrogens is 1.